The number of imide groups is 1. The van der Waals surface area contributed by atoms with E-state index < -0.39 is 17.8 Å². The molecule has 9 heteroatoms. The Hall–Kier alpha value is -3.77. The van der Waals surface area contributed by atoms with Crippen LogP contribution in [0.4, 0.5) is 10.1 Å². The van der Waals surface area contributed by atoms with Crippen molar-refractivity contribution in [1.82, 2.24) is 15.1 Å². The number of likely N-dealkylation sites (tertiary alicyclic amines) is 1. The maximum Gasteiger partial charge on any atom is 0.255 e. The van der Waals surface area contributed by atoms with Crippen LogP contribution in [0.25, 0.3) is 4.85 Å². The third kappa shape index (κ3) is 4.44. The molecule has 3 heterocycles. The lowest BCUT2D eigenvalue weighted by molar-refractivity contribution is -0.136. The molecule has 0 radical (unpaired) electrons. The quantitative estimate of drug-likeness (QED) is 0.512. The largest absolute Gasteiger partial charge is 0.508 e. The molecule has 0 spiro atoms. The van der Waals surface area contributed by atoms with Crippen LogP contribution >= 0.6 is 0 Å². The summed E-state index contributed by atoms with van der Waals surface area (Å²) < 4.78 is 19.9. The molecule has 5 rings (SSSR count). The van der Waals surface area contributed by atoms with Crippen LogP contribution in [-0.4, -0.2) is 53.8 Å². The Balaban J connectivity index is 1.29. The van der Waals surface area contributed by atoms with Crippen molar-refractivity contribution in [1.29, 1.82) is 0 Å². The maximum absolute atomic E-state index is 14.6. The Bertz CT molecular complexity index is 1280. The highest BCUT2D eigenvalue weighted by Gasteiger charge is 2.41. The van der Waals surface area contributed by atoms with Gasteiger partial charge in [0.2, 0.25) is 17.5 Å². The van der Waals surface area contributed by atoms with Gasteiger partial charge in [0.25, 0.3) is 5.91 Å². The van der Waals surface area contributed by atoms with Gasteiger partial charge in [-0.05, 0) is 73.2 Å². The first kappa shape index (κ1) is 23.9. The van der Waals surface area contributed by atoms with E-state index in [4.69, 9.17) is 11.3 Å². The molecule has 2 fully saturated rings. The van der Waals surface area contributed by atoms with Gasteiger partial charge >= 0.3 is 0 Å². The molecule has 3 aliphatic rings. The molecule has 3 amide bonds. The molecule has 36 heavy (non-hydrogen) atoms. The number of amides is 3. The van der Waals surface area contributed by atoms with Crippen LogP contribution in [-0.2, 0) is 22.7 Å². The smallest absolute Gasteiger partial charge is 0.255 e. The van der Waals surface area contributed by atoms with E-state index in [0.29, 0.717) is 17.0 Å². The highest BCUT2D eigenvalue weighted by Crippen LogP contribution is 2.38. The van der Waals surface area contributed by atoms with E-state index in [-0.39, 0.29) is 37.1 Å². The van der Waals surface area contributed by atoms with Crippen LogP contribution < -0.4 is 10.1 Å². The molecular formula is C27H27FN4O4. The fourth-order valence-corrected chi connectivity index (χ4v) is 5.59. The molecule has 8 nitrogen and oxygen atoms in total. The van der Waals surface area contributed by atoms with Gasteiger partial charge in [-0.3, -0.25) is 24.6 Å². The number of ether oxygens (including phenoxy) is 1. The van der Waals surface area contributed by atoms with Gasteiger partial charge in [0.1, 0.15) is 17.6 Å². The summed E-state index contributed by atoms with van der Waals surface area (Å²) in [6.07, 6.45) is 2.10. The second kappa shape index (κ2) is 9.70. The van der Waals surface area contributed by atoms with E-state index in [0.717, 1.165) is 49.2 Å². The van der Waals surface area contributed by atoms with Gasteiger partial charge in [-0.1, -0.05) is 12.1 Å². The summed E-state index contributed by atoms with van der Waals surface area (Å²) in [6, 6.07) is 7.70. The number of hydrogen-bond acceptors (Lipinski definition) is 5. The summed E-state index contributed by atoms with van der Waals surface area (Å²) in [6.45, 7) is 9.84. The molecule has 3 aliphatic heterocycles. The van der Waals surface area contributed by atoms with Crippen molar-refractivity contribution < 1.29 is 23.5 Å². The second-order valence-electron chi connectivity index (χ2n) is 9.59. The third-order valence-electron chi connectivity index (χ3n) is 7.45. The number of nitrogens with zero attached hydrogens (tertiary/aromatic N) is 3. The molecule has 0 saturated carbocycles. The predicted molar refractivity (Wildman–Crippen MR) is 129 cm³/mol. The Morgan fingerprint density at radius 1 is 1.14 bits per heavy atom. The van der Waals surface area contributed by atoms with Gasteiger partial charge in [0.15, 0.2) is 0 Å². The highest BCUT2D eigenvalue weighted by molar-refractivity contribution is 6.05. The normalized spacial score (nSPS) is 20.8. The summed E-state index contributed by atoms with van der Waals surface area (Å²) >= 11 is 0. The topological polar surface area (TPSA) is 83.3 Å². The van der Waals surface area contributed by atoms with Gasteiger partial charge in [0, 0.05) is 25.1 Å². The van der Waals surface area contributed by atoms with Crippen LogP contribution in [0.2, 0.25) is 0 Å². The first-order valence-corrected chi connectivity index (χ1v) is 12.1. The van der Waals surface area contributed by atoms with Crippen molar-refractivity contribution in [3.05, 3.63) is 69.8 Å². The standard InChI is InChI=1S/C27H27FN4O4/c1-29-22-4-3-16(11-24(22)36-2)14-31-9-7-17(8-10-31)19-12-18(28)13-20-21(19)15-32(27(20)35)23-5-6-25(33)30-26(23)34/h3-4,11-13,17,23H,5-10,14-15H2,2H3,(H,30,33,34). The van der Waals surface area contributed by atoms with Crippen LogP contribution in [0.3, 0.4) is 0 Å². The summed E-state index contributed by atoms with van der Waals surface area (Å²) in [5, 5.41) is 2.31. The Morgan fingerprint density at radius 3 is 2.61 bits per heavy atom. The summed E-state index contributed by atoms with van der Waals surface area (Å²) in [7, 11) is 1.56. The molecule has 1 unspecified atom stereocenters. The summed E-state index contributed by atoms with van der Waals surface area (Å²) in [5.74, 6) is -0.924. The molecule has 2 saturated heterocycles. The number of fused-ring (bicyclic) bond motifs is 1. The van der Waals surface area contributed by atoms with E-state index in [2.05, 4.69) is 15.1 Å². The number of methoxy groups -OCH3 is 1. The molecule has 0 aromatic heterocycles. The first-order chi connectivity index (χ1) is 17.4. The van der Waals surface area contributed by atoms with Gasteiger partial charge in [-0.25, -0.2) is 9.24 Å². The molecular weight excluding hydrogens is 463 g/mol. The number of halogens is 1. The van der Waals surface area contributed by atoms with Gasteiger partial charge < -0.3 is 9.64 Å². The van der Waals surface area contributed by atoms with Crippen LogP contribution in [0.1, 0.15) is 58.6 Å². The highest BCUT2D eigenvalue weighted by atomic mass is 19.1. The monoisotopic (exact) mass is 490 g/mol. The lowest BCUT2D eigenvalue weighted by atomic mass is 9.85. The number of piperidine rings is 2. The summed E-state index contributed by atoms with van der Waals surface area (Å²) in [5.41, 5.74) is 3.51. The van der Waals surface area contributed by atoms with E-state index in [1.54, 1.807) is 13.2 Å². The van der Waals surface area contributed by atoms with Gasteiger partial charge in [-0.2, -0.15) is 0 Å². The van der Waals surface area contributed by atoms with Crippen molar-refractivity contribution in [2.45, 2.75) is 50.7 Å². The fourth-order valence-electron chi connectivity index (χ4n) is 5.59. The predicted octanol–water partition coefficient (Wildman–Crippen LogP) is 3.53. The van der Waals surface area contributed by atoms with Crippen LogP contribution in [0.15, 0.2) is 30.3 Å². The lowest BCUT2D eigenvalue weighted by Crippen LogP contribution is -2.52. The molecule has 0 bridgehead atoms. The molecule has 0 aliphatic carbocycles. The first-order valence-electron chi connectivity index (χ1n) is 12.1. The zero-order valence-electron chi connectivity index (χ0n) is 20.1. The zero-order chi connectivity index (χ0) is 25.4. The van der Waals surface area contributed by atoms with Crippen molar-refractivity contribution in [3.8, 4) is 5.75 Å². The molecule has 2 aromatic rings. The van der Waals surface area contributed by atoms with Crippen molar-refractivity contribution >= 4 is 23.4 Å². The number of benzene rings is 2. The minimum atomic E-state index is -0.716. The fraction of sp³-hybridized carbons (Fsp3) is 0.407. The van der Waals surface area contributed by atoms with E-state index in [1.165, 1.54) is 17.0 Å². The molecule has 1 N–H and O–H groups in total. The van der Waals surface area contributed by atoms with Crippen LogP contribution in [0.5, 0.6) is 5.75 Å². The van der Waals surface area contributed by atoms with E-state index >= 15 is 0 Å². The number of carbonyl (C=O) groups is 3. The minimum absolute atomic E-state index is 0.110. The molecule has 1 atom stereocenters. The SMILES string of the molecule is [C-]#[N+]c1ccc(CN2CCC(c3cc(F)cc4c3CN(C3CCC(=O)NC3=O)C4=O)CC2)cc1OC. The lowest BCUT2D eigenvalue weighted by Gasteiger charge is -2.33. The number of hydrogen-bond donors (Lipinski definition) is 1. The van der Waals surface area contributed by atoms with Crippen molar-refractivity contribution in [3.63, 3.8) is 0 Å². The summed E-state index contributed by atoms with van der Waals surface area (Å²) in [4.78, 5) is 44.3. The van der Waals surface area contributed by atoms with Crippen LogP contribution in [0, 0.1) is 12.4 Å². The van der Waals surface area contributed by atoms with Gasteiger partial charge in [0.05, 0.1) is 13.7 Å². The van der Waals surface area contributed by atoms with Crippen molar-refractivity contribution in [2.75, 3.05) is 20.2 Å². The average molecular weight is 491 g/mol. The maximum atomic E-state index is 14.6. The Labute approximate surface area is 208 Å². The molecule has 186 valence electrons. The zero-order valence-corrected chi connectivity index (χ0v) is 20.1. The average Bonchev–Trinajstić information content (AvgIpc) is 3.20. The second-order valence-corrected chi connectivity index (χ2v) is 9.59. The van der Waals surface area contributed by atoms with Gasteiger partial charge in [-0.15, -0.1) is 0 Å². The molecule has 2 aromatic carbocycles. The number of carbonyl (C=O) groups excluding carboxylic acids is 3. The van der Waals surface area contributed by atoms with Crippen molar-refractivity contribution in [2.24, 2.45) is 0 Å². The Morgan fingerprint density at radius 2 is 1.92 bits per heavy atom. The van der Waals surface area contributed by atoms with E-state index in [9.17, 15) is 18.8 Å². The number of nitrogens with one attached hydrogen (secondary N) is 1. The Kier molecular flexibility index (Phi) is 6.46. The minimum Gasteiger partial charge on any atom is -0.508 e. The van der Waals surface area contributed by atoms with E-state index in [1.807, 2.05) is 12.1 Å². The third-order valence-corrected chi connectivity index (χ3v) is 7.45. The number of rotatable bonds is 5.